The fraction of sp³-hybridized carbons (Fsp3) is 0.462. The number of esters is 1. The van der Waals surface area contributed by atoms with E-state index in [1.807, 2.05) is 4.90 Å². The molecule has 1 aliphatic heterocycles. The highest BCUT2D eigenvalue weighted by molar-refractivity contribution is 5.97. The number of pyridine rings is 1. The quantitative estimate of drug-likeness (QED) is 0.765. The molecular weight excluding hydrogens is 260 g/mol. The monoisotopic (exact) mass is 278 g/mol. The van der Waals surface area contributed by atoms with Crippen LogP contribution in [-0.4, -0.2) is 43.1 Å². The molecule has 0 unspecified atom stereocenters. The standard InChI is InChI=1S/C13H18N4O3/c1-2-20-13(19)9-3-5-16-12(11(9)14)17-7-4-10(18)15-6-8-17/h3,5H,2,4,6-8,14H2,1H3,(H,15,18). The van der Waals surface area contributed by atoms with Crippen molar-refractivity contribution < 1.29 is 14.3 Å². The first-order chi connectivity index (χ1) is 9.63. The number of nitrogens with zero attached hydrogens (tertiary/aromatic N) is 2. The van der Waals surface area contributed by atoms with Gasteiger partial charge in [0.1, 0.15) is 0 Å². The maximum absolute atomic E-state index is 11.8. The zero-order valence-corrected chi connectivity index (χ0v) is 11.4. The minimum absolute atomic E-state index is 0.00705. The maximum Gasteiger partial charge on any atom is 0.340 e. The van der Waals surface area contributed by atoms with Crippen LogP contribution in [0.3, 0.4) is 0 Å². The molecule has 7 heteroatoms. The summed E-state index contributed by atoms with van der Waals surface area (Å²) >= 11 is 0. The Bertz CT molecular complexity index is 518. The van der Waals surface area contributed by atoms with Gasteiger partial charge in [0.05, 0.1) is 17.9 Å². The topological polar surface area (TPSA) is 97.5 Å². The van der Waals surface area contributed by atoms with Gasteiger partial charge in [0, 0.05) is 32.3 Å². The number of amides is 1. The third-order valence-corrected chi connectivity index (χ3v) is 3.08. The van der Waals surface area contributed by atoms with E-state index in [0.717, 1.165) is 0 Å². The Hall–Kier alpha value is -2.31. The van der Waals surface area contributed by atoms with Crippen LogP contribution >= 0.6 is 0 Å². The molecule has 7 nitrogen and oxygen atoms in total. The van der Waals surface area contributed by atoms with Crippen LogP contribution in [0.5, 0.6) is 0 Å². The first-order valence-corrected chi connectivity index (χ1v) is 6.56. The first kappa shape index (κ1) is 14.1. The Kier molecular flexibility index (Phi) is 4.39. The van der Waals surface area contributed by atoms with Gasteiger partial charge < -0.3 is 20.7 Å². The predicted octanol–water partition coefficient (Wildman–Crippen LogP) is 0.167. The molecule has 2 rings (SSSR count). The largest absolute Gasteiger partial charge is 0.462 e. The van der Waals surface area contributed by atoms with E-state index in [-0.39, 0.29) is 12.5 Å². The summed E-state index contributed by atoms with van der Waals surface area (Å²) in [7, 11) is 0. The summed E-state index contributed by atoms with van der Waals surface area (Å²) in [5, 5.41) is 2.78. The van der Waals surface area contributed by atoms with Crippen LogP contribution in [0.2, 0.25) is 0 Å². The highest BCUT2D eigenvalue weighted by Gasteiger charge is 2.20. The van der Waals surface area contributed by atoms with E-state index in [1.165, 1.54) is 12.3 Å². The van der Waals surface area contributed by atoms with Gasteiger partial charge in [0.2, 0.25) is 5.91 Å². The van der Waals surface area contributed by atoms with Crippen molar-refractivity contribution in [2.24, 2.45) is 0 Å². The van der Waals surface area contributed by atoms with Gasteiger partial charge in [-0.15, -0.1) is 0 Å². The normalized spacial score (nSPS) is 15.4. The van der Waals surface area contributed by atoms with E-state index in [2.05, 4.69) is 10.3 Å². The number of carbonyl (C=O) groups excluding carboxylic acids is 2. The molecule has 20 heavy (non-hydrogen) atoms. The fourth-order valence-electron chi connectivity index (χ4n) is 2.08. The molecule has 0 bridgehead atoms. The minimum atomic E-state index is -0.460. The van der Waals surface area contributed by atoms with Crippen molar-refractivity contribution in [2.75, 3.05) is 36.9 Å². The number of aromatic nitrogens is 1. The molecule has 0 saturated carbocycles. The molecule has 3 N–H and O–H groups in total. The average Bonchev–Trinajstić information content (AvgIpc) is 2.64. The van der Waals surface area contributed by atoms with Crippen LogP contribution in [0.15, 0.2) is 12.3 Å². The summed E-state index contributed by atoms with van der Waals surface area (Å²) < 4.78 is 4.96. The van der Waals surface area contributed by atoms with Crippen molar-refractivity contribution in [3.05, 3.63) is 17.8 Å². The Labute approximate surface area is 117 Å². The summed E-state index contributed by atoms with van der Waals surface area (Å²) in [6.07, 6.45) is 1.91. The molecule has 108 valence electrons. The molecule has 0 aromatic carbocycles. The van der Waals surface area contributed by atoms with E-state index in [1.54, 1.807) is 6.92 Å². The number of nitrogen functional groups attached to an aromatic ring is 1. The Balaban J connectivity index is 2.25. The van der Waals surface area contributed by atoms with Gasteiger partial charge in [-0.3, -0.25) is 4.79 Å². The van der Waals surface area contributed by atoms with Gasteiger partial charge in [-0.2, -0.15) is 0 Å². The number of hydrogen-bond acceptors (Lipinski definition) is 6. The molecule has 0 spiro atoms. The van der Waals surface area contributed by atoms with Gasteiger partial charge in [0.15, 0.2) is 5.82 Å². The number of nitrogens with two attached hydrogens (primary N) is 1. The second kappa shape index (κ2) is 6.23. The molecule has 0 atom stereocenters. The maximum atomic E-state index is 11.8. The first-order valence-electron chi connectivity index (χ1n) is 6.56. The van der Waals surface area contributed by atoms with Crippen LogP contribution in [0.4, 0.5) is 11.5 Å². The van der Waals surface area contributed by atoms with Crippen molar-refractivity contribution in [3.8, 4) is 0 Å². The molecule has 1 aromatic heterocycles. The Morgan fingerprint density at radius 3 is 3.10 bits per heavy atom. The van der Waals surface area contributed by atoms with Crippen molar-refractivity contribution >= 4 is 23.4 Å². The Morgan fingerprint density at radius 1 is 1.55 bits per heavy atom. The molecular formula is C13H18N4O3. The summed E-state index contributed by atoms with van der Waals surface area (Å²) in [5.74, 6) is 0.0670. The second-order valence-electron chi connectivity index (χ2n) is 4.40. The van der Waals surface area contributed by atoms with E-state index in [9.17, 15) is 9.59 Å². The lowest BCUT2D eigenvalue weighted by Gasteiger charge is -2.22. The third-order valence-electron chi connectivity index (χ3n) is 3.08. The SMILES string of the molecule is CCOC(=O)c1ccnc(N2CCNC(=O)CC2)c1N. The van der Waals surface area contributed by atoms with Crippen molar-refractivity contribution in [3.63, 3.8) is 0 Å². The van der Waals surface area contributed by atoms with Crippen molar-refractivity contribution in [1.29, 1.82) is 0 Å². The van der Waals surface area contributed by atoms with Gasteiger partial charge in [0.25, 0.3) is 0 Å². The van der Waals surface area contributed by atoms with E-state index in [0.29, 0.717) is 43.1 Å². The Morgan fingerprint density at radius 2 is 2.35 bits per heavy atom. The second-order valence-corrected chi connectivity index (χ2v) is 4.40. The lowest BCUT2D eigenvalue weighted by Crippen LogP contribution is -2.30. The van der Waals surface area contributed by atoms with Crippen LogP contribution in [0.1, 0.15) is 23.7 Å². The van der Waals surface area contributed by atoms with Gasteiger partial charge >= 0.3 is 5.97 Å². The fourth-order valence-corrected chi connectivity index (χ4v) is 2.08. The van der Waals surface area contributed by atoms with Crippen molar-refractivity contribution in [1.82, 2.24) is 10.3 Å². The zero-order chi connectivity index (χ0) is 14.5. The number of ether oxygens (including phenoxy) is 1. The molecule has 1 aromatic rings. The number of hydrogen-bond donors (Lipinski definition) is 2. The smallest absolute Gasteiger partial charge is 0.340 e. The van der Waals surface area contributed by atoms with Crippen LogP contribution < -0.4 is 16.0 Å². The summed E-state index contributed by atoms with van der Waals surface area (Å²) in [6, 6.07) is 1.54. The molecule has 1 amide bonds. The highest BCUT2D eigenvalue weighted by atomic mass is 16.5. The lowest BCUT2D eigenvalue weighted by atomic mass is 10.2. The molecule has 1 saturated heterocycles. The molecule has 2 heterocycles. The number of anilines is 2. The predicted molar refractivity (Wildman–Crippen MR) is 74.4 cm³/mol. The molecule has 1 aliphatic rings. The van der Waals surface area contributed by atoms with E-state index < -0.39 is 5.97 Å². The van der Waals surface area contributed by atoms with Gasteiger partial charge in [-0.25, -0.2) is 9.78 Å². The lowest BCUT2D eigenvalue weighted by molar-refractivity contribution is -0.120. The van der Waals surface area contributed by atoms with Gasteiger partial charge in [-0.05, 0) is 13.0 Å². The third kappa shape index (κ3) is 2.98. The number of nitrogens with one attached hydrogen (secondary N) is 1. The molecule has 0 aliphatic carbocycles. The number of carbonyl (C=O) groups is 2. The summed E-state index contributed by atoms with van der Waals surface area (Å²) in [5.41, 5.74) is 6.62. The van der Waals surface area contributed by atoms with Crippen molar-refractivity contribution in [2.45, 2.75) is 13.3 Å². The highest BCUT2D eigenvalue weighted by Crippen LogP contribution is 2.25. The summed E-state index contributed by atoms with van der Waals surface area (Å²) in [4.78, 5) is 29.3. The zero-order valence-electron chi connectivity index (χ0n) is 11.4. The minimum Gasteiger partial charge on any atom is -0.462 e. The van der Waals surface area contributed by atoms with E-state index in [4.69, 9.17) is 10.5 Å². The van der Waals surface area contributed by atoms with Gasteiger partial charge in [-0.1, -0.05) is 0 Å². The van der Waals surface area contributed by atoms with Crippen LogP contribution in [0, 0.1) is 0 Å². The molecule has 1 fully saturated rings. The van der Waals surface area contributed by atoms with Crippen LogP contribution in [-0.2, 0) is 9.53 Å². The number of rotatable bonds is 3. The molecule has 0 radical (unpaired) electrons. The average molecular weight is 278 g/mol. The van der Waals surface area contributed by atoms with Crippen LogP contribution in [0.25, 0.3) is 0 Å². The summed E-state index contributed by atoms with van der Waals surface area (Å²) in [6.45, 7) is 3.69. The van der Waals surface area contributed by atoms with E-state index >= 15 is 0 Å².